The van der Waals surface area contributed by atoms with E-state index < -0.39 is 0 Å². The Morgan fingerprint density at radius 1 is 1.24 bits per heavy atom. The zero-order valence-corrected chi connectivity index (χ0v) is 12.3. The molecule has 1 aliphatic heterocycles. The molecular formula is C15H32N2. The molecular weight excluding hydrogens is 208 g/mol. The lowest BCUT2D eigenvalue weighted by Crippen LogP contribution is -2.52. The van der Waals surface area contributed by atoms with E-state index in [1.165, 1.54) is 45.2 Å². The molecule has 0 bridgehead atoms. The van der Waals surface area contributed by atoms with Gasteiger partial charge < -0.3 is 5.32 Å². The van der Waals surface area contributed by atoms with E-state index in [0.717, 1.165) is 24.5 Å². The molecule has 0 aromatic carbocycles. The molecule has 1 rings (SSSR count). The number of nitrogens with zero attached hydrogens (tertiary/aromatic N) is 1. The van der Waals surface area contributed by atoms with Crippen molar-refractivity contribution >= 4 is 0 Å². The molecule has 1 aliphatic rings. The highest BCUT2D eigenvalue weighted by Crippen LogP contribution is 2.24. The fraction of sp³-hybridized carbons (Fsp3) is 1.00. The average molecular weight is 240 g/mol. The lowest BCUT2D eigenvalue weighted by atomic mass is 9.93. The van der Waals surface area contributed by atoms with Crippen LogP contribution in [0.2, 0.25) is 0 Å². The Bertz CT molecular complexity index is 191. The number of hydrogen-bond acceptors (Lipinski definition) is 2. The van der Waals surface area contributed by atoms with Gasteiger partial charge in [0.15, 0.2) is 0 Å². The fourth-order valence-corrected chi connectivity index (χ4v) is 3.06. The fourth-order valence-electron chi connectivity index (χ4n) is 3.06. The van der Waals surface area contributed by atoms with Crippen LogP contribution in [0.1, 0.15) is 59.8 Å². The highest BCUT2D eigenvalue weighted by atomic mass is 15.2. The summed E-state index contributed by atoms with van der Waals surface area (Å²) in [6.45, 7) is 13.0. The first-order valence-corrected chi connectivity index (χ1v) is 7.67. The number of piperidine rings is 1. The second-order valence-corrected chi connectivity index (χ2v) is 5.81. The topological polar surface area (TPSA) is 15.3 Å². The molecule has 1 saturated heterocycles. The van der Waals surface area contributed by atoms with Crippen molar-refractivity contribution < 1.29 is 0 Å². The Morgan fingerprint density at radius 2 is 2.00 bits per heavy atom. The summed E-state index contributed by atoms with van der Waals surface area (Å²) >= 11 is 0. The summed E-state index contributed by atoms with van der Waals surface area (Å²) in [6, 6.07) is 1.56. The molecule has 17 heavy (non-hydrogen) atoms. The molecule has 0 amide bonds. The van der Waals surface area contributed by atoms with E-state index in [1.54, 1.807) is 0 Å². The maximum atomic E-state index is 3.62. The Hall–Kier alpha value is -0.0800. The van der Waals surface area contributed by atoms with Crippen LogP contribution in [0.15, 0.2) is 0 Å². The van der Waals surface area contributed by atoms with Crippen molar-refractivity contribution in [3.63, 3.8) is 0 Å². The second kappa shape index (κ2) is 8.10. The van der Waals surface area contributed by atoms with Crippen LogP contribution in [0.25, 0.3) is 0 Å². The number of likely N-dealkylation sites (tertiary alicyclic amines) is 1. The summed E-state index contributed by atoms with van der Waals surface area (Å²) in [6.07, 6.45) is 6.79. The van der Waals surface area contributed by atoms with Gasteiger partial charge in [-0.15, -0.1) is 0 Å². The first-order valence-electron chi connectivity index (χ1n) is 7.67. The highest BCUT2D eigenvalue weighted by Gasteiger charge is 2.29. The Morgan fingerprint density at radius 3 is 2.59 bits per heavy atom. The summed E-state index contributed by atoms with van der Waals surface area (Å²) in [5, 5.41) is 3.62. The van der Waals surface area contributed by atoms with Crippen molar-refractivity contribution in [1.29, 1.82) is 0 Å². The Labute approximate surface area is 108 Å². The molecule has 2 nitrogen and oxygen atoms in total. The zero-order valence-electron chi connectivity index (χ0n) is 12.3. The molecule has 2 heteroatoms. The Balaban J connectivity index is 2.54. The number of hydrogen-bond donors (Lipinski definition) is 1. The van der Waals surface area contributed by atoms with Gasteiger partial charge in [-0.2, -0.15) is 0 Å². The number of nitrogens with one attached hydrogen (secondary N) is 1. The third-order valence-electron chi connectivity index (χ3n) is 4.12. The van der Waals surface area contributed by atoms with Crippen LogP contribution >= 0.6 is 0 Å². The van der Waals surface area contributed by atoms with E-state index in [0.29, 0.717) is 0 Å². The van der Waals surface area contributed by atoms with Crippen molar-refractivity contribution in [2.24, 2.45) is 5.92 Å². The molecule has 102 valence electrons. The van der Waals surface area contributed by atoms with Crippen molar-refractivity contribution in [2.75, 3.05) is 19.6 Å². The first-order chi connectivity index (χ1) is 8.20. The normalized spacial score (nSPS) is 24.2. The maximum Gasteiger partial charge on any atom is 0.0246 e. The van der Waals surface area contributed by atoms with Gasteiger partial charge in [-0.05, 0) is 44.7 Å². The largest absolute Gasteiger partial charge is 0.315 e. The van der Waals surface area contributed by atoms with Crippen molar-refractivity contribution in [3.05, 3.63) is 0 Å². The van der Waals surface area contributed by atoms with Gasteiger partial charge in [-0.25, -0.2) is 0 Å². The molecule has 2 atom stereocenters. The van der Waals surface area contributed by atoms with E-state index in [2.05, 4.69) is 37.9 Å². The van der Waals surface area contributed by atoms with Gasteiger partial charge in [0, 0.05) is 18.6 Å². The molecule has 1 N–H and O–H groups in total. The average Bonchev–Trinajstić information content (AvgIpc) is 2.34. The van der Waals surface area contributed by atoms with E-state index in [9.17, 15) is 0 Å². The van der Waals surface area contributed by atoms with Crippen LogP contribution in [0.3, 0.4) is 0 Å². The lowest BCUT2D eigenvalue weighted by molar-refractivity contribution is 0.0665. The predicted octanol–water partition coefficient (Wildman–Crippen LogP) is 3.28. The molecule has 0 saturated carbocycles. The molecule has 1 fully saturated rings. The van der Waals surface area contributed by atoms with Crippen LogP contribution in [0.4, 0.5) is 0 Å². The minimum absolute atomic E-state index is 0.729. The van der Waals surface area contributed by atoms with Crippen LogP contribution in [0, 0.1) is 5.92 Å². The van der Waals surface area contributed by atoms with Crippen LogP contribution in [-0.2, 0) is 0 Å². The Kier molecular flexibility index (Phi) is 7.14. The van der Waals surface area contributed by atoms with Crippen molar-refractivity contribution in [2.45, 2.75) is 71.9 Å². The summed E-state index contributed by atoms with van der Waals surface area (Å²) in [5.41, 5.74) is 0. The predicted molar refractivity (Wildman–Crippen MR) is 76.4 cm³/mol. The molecule has 0 aliphatic carbocycles. The number of rotatable bonds is 7. The highest BCUT2D eigenvalue weighted by molar-refractivity contribution is 4.85. The molecule has 0 aromatic rings. The van der Waals surface area contributed by atoms with Gasteiger partial charge in [-0.3, -0.25) is 4.90 Å². The van der Waals surface area contributed by atoms with Crippen molar-refractivity contribution in [3.8, 4) is 0 Å². The van der Waals surface area contributed by atoms with Gasteiger partial charge in [0.2, 0.25) is 0 Å². The van der Waals surface area contributed by atoms with Gasteiger partial charge in [0.1, 0.15) is 0 Å². The van der Waals surface area contributed by atoms with Crippen molar-refractivity contribution in [1.82, 2.24) is 10.2 Å². The first kappa shape index (κ1) is 15.0. The van der Waals surface area contributed by atoms with E-state index in [1.807, 2.05) is 0 Å². The summed E-state index contributed by atoms with van der Waals surface area (Å²) in [7, 11) is 0. The van der Waals surface area contributed by atoms with Gasteiger partial charge in [-0.1, -0.05) is 34.1 Å². The lowest BCUT2D eigenvalue weighted by Gasteiger charge is -2.43. The smallest absolute Gasteiger partial charge is 0.0246 e. The second-order valence-electron chi connectivity index (χ2n) is 5.81. The zero-order chi connectivity index (χ0) is 12.7. The monoisotopic (exact) mass is 240 g/mol. The van der Waals surface area contributed by atoms with Gasteiger partial charge in [0.05, 0.1) is 0 Å². The van der Waals surface area contributed by atoms with Gasteiger partial charge >= 0.3 is 0 Å². The summed E-state index contributed by atoms with van der Waals surface area (Å²) < 4.78 is 0. The summed E-state index contributed by atoms with van der Waals surface area (Å²) in [4.78, 5) is 2.79. The van der Waals surface area contributed by atoms with E-state index in [-0.39, 0.29) is 0 Å². The van der Waals surface area contributed by atoms with E-state index >= 15 is 0 Å². The molecule has 2 unspecified atom stereocenters. The molecule has 0 radical (unpaired) electrons. The van der Waals surface area contributed by atoms with Crippen LogP contribution in [-0.4, -0.2) is 36.6 Å². The standard InChI is InChI=1S/C15H32N2/c1-5-10-16-12-15(13(3)4)17-11-8-7-9-14(17)6-2/h13-16H,5-12H2,1-4H3. The van der Waals surface area contributed by atoms with E-state index in [4.69, 9.17) is 0 Å². The SMILES string of the molecule is CCCNCC(C(C)C)N1CCCCC1CC. The minimum Gasteiger partial charge on any atom is -0.315 e. The van der Waals surface area contributed by atoms with Crippen LogP contribution in [0.5, 0.6) is 0 Å². The molecule has 1 heterocycles. The quantitative estimate of drug-likeness (QED) is 0.687. The third kappa shape index (κ3) is 4.59. The van der Waals surface area contributed by atoms with Gasteiger partial charge in [0.25, 0.3) is 0 Å². The summed E-state index contributed by atoms with van der Waals surface area (Å²) in [5.74, 6) is 0.756. The maximum absolute atomic E-state index is 3.62. The minimum atomic E-state index is 0.729. The molecule has 0 aromatic heterocycles. The third-order valence-corrected chi connectivity index (χ3v) is 4.12. The molecule has 0 spiro atoms. The van der Waals surface area contributed by atoms with Crippen LogP contribution < -0.4 is 5.32 Å².